The number of imide groups is 1. The van der Waals surface area contributed by atoms with Gasteiger partial charge in [-0.25, -0.2) is 4.79 Å². The lowest BCUT2D eigenvalue weighted by Crippen LogP contribution is -2.29. The molecule has 0 unspecified atom stereocenters. The number of rotatable bonds is 1. The van der Waals surface area contributed by atoms with E-state index in [-0.39, 0.29) is 12.4 Å². The fraction of sp³-hybridized carbons (Fsp3) is 0.200. The minimum atomic E-state index is -1.42. The van der Waals surface area contributed by atoms with Crippen LogP contribution in [0.4, 0.5) is 4.79 Å². The van der Waals surface area contributed by atoms with Gasteiger partial charge in [-0.1, -0.05) is 0 Å². The summed E-state index contributed by atoms with van der Waals surface area (Å²) in [6.07, 6.45) is -0.0930. The Kier molecular flexibility index (Phi) is 2.07. The van der Waals surface area contributed by atoms with Crippen molar-refractivity contribution in [3.63, 3.8) is 0 Å². The molecule has 1 aliphatic rings. The van der Waals surface area contributed by atoms with E-state index in [1.807, 2.05) is 0 Å². The van der Waals surface area contributed by atoms with Crippen molar-refractivity contribution < 1.29 is 24.5 Å². The van der Waals surface area contributed by atoms with Crippen LogP contribution in [-0.2, 0) is 14.6 Å². The Hall–Kier alpha value is -1.56. The zero-order valence-electron chi connectivity index (χ0n) is 5.36. The first-order valence-corrected chi connectivity index (χ1v) is 2.74. The van der Waals surface area contributed by atoms with Gasteiger partial charge in [0.25, 0.3) is 5.91 Å². The van der Waals surface area contributed by atoms with Gasteiger partial charge in [-0.2, -0.15) is 4.89 Å². The highest BCUT2D eigenvalue weighted by molar-refractivity contribution is 6.00. The van der Waals surface area contributed by atoms with E-state index in [0.29, 0.717) is 0 Å². The first-order valence-electron chi connectivity index (χ1n) is 2.74. The first kappa shape index (κ1) is 7.55. The summed E-state index contributed by atoms with van der Waals surface area (Å²) in [7, 11) is 0. The van der Waals surface area contributed by atoms with Crippen LogP contribution in [0, 0.1) is 0 Å². The molecule has 0 aromatic rings. The van der Waals surface area contributed by atoms with E-state index in [1.54, 1.807) is 5.32 Å². The topological polar surface area (TPSA) is 84.9 Å². The zero-order valence-corrected chi connectivity index (χ0v) is 5.36. The standard InChI is InChI=1S/C5H5NO5/c7-4(6-5(8)9)3-1-2-10-11-3/h1H,2H2,(H,6,7)(H,8,9). The van der Waals surface area contributed by atoms with Crippen molar-refractivity contribution in [3.05, 3.63) is 11.8 Å². The Balaban J connectivity index is 2.47. The second-order valence-corrected chi connectivity index (χ2v) is 1.70. The van der Waals surface area contributed by atoms with E-state index < -0.39 is 12.0 Å². The monoisotopic (exact) mass is 159 g/mol. The summed E-state index contributed by atoms with van der Waals surface area (Å²) >= 11 is 0. The smallest absolute Gasteiger partial charge is 0.411 e. The average molecular weight is 159 g/mol. The molecule has 1 rings (SSSR count). The van der Waals surface area contributed by atoms with Gasteiger partial charge in [-0.15, -0.1) is 0 Å². The third-order valence-electron chi connectivity index (χ3n) is 0.930. The lowest BCUT2D eigenvalue weighted by atomic mass is 10.4. The number of carboxylic acid groups (broad SMARTS) is 1. The maximum absolute atomic E-state index is 10.7. The van der Waals surface area contributed by atoms with Crippen LogP contribution in [-0.4, -0.2) is 23.7 Å². The molecule has 0 radical (unpaired) electrons. The Morgan fingerprint density at radius 1 is 1.64 bits per heavy atom. The molecule has 0 spiro atoms. The van der Waals surface area contributed by atoms with Gasteiger partial charge in [0.2, 0.25) is 5.76 Å². The number of nitrogens with one attached hydrogen (secondary N) is 1. The molecule has 0 bridgehead atoms. The van der Waals surface area contributed by atoms with Gasteiger partial charge in [0, 0.05) is 0 Å². The van der Waals surface area contributed by atoms with E-state index >= 15 is 0 Å². The van der Waals surface area contributed by atoms with Crippen molar-refractivity contribution in [2.75, 3.05) is 6.61 Å². The van der Waals surface area contributed by atoms with E-state index in [2.05, 4.69) is 9.78 Å². The molecule has 0 aromatic carbocycles. The number of carbonyl (C=O) groups excluding carboxylic acids is 1. The van der Waals surface area contributed by atoms with Gasteiger partial charge in [-0.3, -0.25) is 10.1 Å². The van der Waals surface area contributed by atoms with Crippen LogP contribution in [0.1, 0.15) is 0 Å². The second-order valence-electron chi connectivity index (χ2n) is 1.70. The molecule has 0 saturated carbocycles. The highest BCUT2D eigenvalue weighted by atomic mass is 17.2. The van der Waals surface area contributed by atoms with Crippen molar-refractivity contribution in [2.45, 2.75) is 0 Å². The fourth-order valence-electron chi connectivity index (χ4n) is 0.530. The number of hydrogen-bond donors (Lipinski definition) is 2. The van der Waals surface area contributed by atoms with Crippen LogP contribution in [0.15, 0.2) is 11.8 Å². The van der Waals surface area contributed by atoms with Crippen molar-refractivity contribution in [1.29, 1.82) is 0 Å². The molecule has 1 aliphatic heterocycles. The summed E-state index contributed by atoms with van der Waals surface area (Å²) in [4.78, 5) is 29.2. The van der Waals surface area contributed by atoms with E-state index in [1.165, 1.54) is 6.08 Å². The predicted molar refractivity (Wildman–Crippen MR) is 31.3 cm³/mol. The summed E-state index contributed by atoms with van der Waals surface area (Å²) in [5, 5.41) is 9.68. The summed E-state index contributed by atoms with van der Waals surface area (Å²) < 4.78 is 0. The highest BCUT2D eigenvalue weighted by Gasteiger charge is 2.18. The molecule has 0 aromatic heterocycles. The van der Waals surface area contributed by atoms with Gasteiger partial charge in [-0.05, 0) is 6.08 Å². The van der Waals surface area contributed by atoms with Crippen LogP contribution in [0.3, 0.4) is 0 Å². The van der Waals surface area contributed by atoms with Crippen LogP contribution in [0.5, 0.6) is 0 Å². The predicted octanol–water partition coefficient (Wildman–Crippen LogP) is -0.374. The van der Waals surface area contributed by atoms with Crippen molar-refractivity contribution >= 4 is 12.0 Å². The third-order valence-corrected chi connectivity index (χ3v) is 0.930. The number of hydrogen-bond acceptors (Lipinski definition) is 4. The Morgan fingerprint density at radius 2 is 2.36 bits per heavy atom. The summed E-state index contributed by atoms with van der Waals surface area (Å²) in [6.45, 7) is 0.155. The van der Waals surface area contributed by atoms with Gasteiger partial charge >= 0.3 is 6.09 Å². The minimum absolute atomic E-state index is 0.132. The molecule has 60 valence electrons. The van der Waals surface area contributed by atoms with Crippen LogP contribution in [0.2, 0.25) is 0 Å². The van der Waals surface area contributed by atoms with E-state index in [0.717, 1.165) is 0 Å². The van der Waals surface area contributed by atoms with Crippen molar-refractivity contribution in [2.24, 2.45) is 0 Å². The molecular formula is C5H5NO5. The Morgan fingerprint density at radius 3 is 2.82 bits per heavy atom. The Labute approximate surface area is 61.3 Å². The molecule has 6 heteroatoms. The van der Waals surface area contributed by atoms with Crippen LogP contribution < -0.4 is 5.32 Å². The minimum Gasteiger partial charge on any atom is -0.465 e. The fourth-order valence-corrected chi connectivity index (χ4v) is 0.530. The summed E-state index contributed by atoms with van der Waals surface area (Å²) in [6, 6.07) is 0. The maximum Gasteiger partial charge on any atom is 0.411 e. The van der Waals surface area contributed by atoms with Crippen LogP contribution >= 0.6 is 0 Å². The maximum atomic E-state index is 10.7. The highest BCUT2D eigenvalue weighted by Crippen LogP contribution is 2.05. The molecular weight excluding hydrogens is 154 g/mol. The van der Waals surface area contributed by atoms with Crippen molar-refractivity contribution in [1.82, 2.24) is 5.32 Å². The zero-order chi connectivity index (χ0) is 8.27. The molecule has 0 fully saturated rings. The molecule has 6 nitrogen and oxygen atoms in total. The molecule has 0 saturated heterocycles. The summed E-state index contributed by atoms with van der Waals surface area (Å²) in [5.41, 5.74) is 0. The average Bonchev–Trinajstić information content (AvgIpc) is 2.35. The molecule has 11 heavy (non-hydrogen) atoms. The lowest BCUT2D eigenvalue weighted by molar-refractivity contribution is -0.233. The first-order chi connectivity index (χ1) is 5.20. The molecule has 0 atom stereocenters. The second kappa shape index (κ2) is 3.02. The van der Waals surface area contributed by atoms with Gasteiger partial charge < -0.3 is 9.99 Å². The van der Waals surface area contributed by atoms with Gasteiger partial charge in [0.1, 0.15) is 6.61 Å². The van der Waals surface area contributed by atoms with Gasteiger partial charge in [0.05, 0.1) is 0 Å². The van der Waals surface area contributed by atoms with Gasteiger partial charge in [0.15, 0.2) is 0 Å². The SMILES string of the molecule is O=C(O)NC(=O)C1=CCOO1. The quantitative estimate of drug-likeness (QED) is 0.509. The normalized spacial score (nSPS) is 15.1. The lowest BCUT2D eigenvalue weighted by Gasteiger charge is -1.97. The largest absolute Gasteiger partial charge is 0.465 e. The van der Waals surface area contributed by atoms with E-state index in [4.69, 9.17) is 5.11 Å². The number of carbonyl (C=O) groups is 2. The summed E-state index contributed by atoms with van der Waals surface area (Å²) in [5.74, 6) is -0.956. The molecule has 2 N–H and O–H groups in total. The molecule has 1 heterocycles. The van der Waals surface area contributed by atoms with Crippen LogP contribution in [0.25, 0.3) is 0 Å². The Bertz CT molecular complexity index is 221. The third kappa shape index (κ3) is 1.94. The molecule has 0 aliphatic carbocycles. The van der Waals surface area contributed by atoms with E-state index in [9.17, 15) is 9.59 Å². The molecule has 2 amide bonds. The van der Waals surface area contributed by atoms with Crippen molar-refractivity contribution in [3.8, 4) is 0 Å². The number of amides is 2.